The highest BCUT2D eigenvalue weighted by molar-refractivity contribution is 4.95. The van der Waals surface area contributed by atoms with Crippen LogP contribution in [0.15, 0.2) is 12.2 Å². The average molecular weight is 164 g/mol. The zero-order valence-corrected chi connectivity index (χ0v) is 7.97. The molecule has 0 aliphatic heterocycles. The minimum absolute atomic E-state index is 0.950. The van der Waals surface area contributed by atoms with Crippen molar-refractivity contribution >= 4 is 0 Å². The Labute approximate surface area is 76.1 Å². The van der Waals surface area contributed by atoms with E-state index < -0.39 is 0 Å². The SMILES string of the molecule is C(=C/C1CCCC1)/C1CCCC1. The molecule has 0 spiro atoms. The molecule has 0 unspecified atom stereocenters. The van der Waals surface area contributed by atoms with Crippen LogP contribution >= 0.6 is 0 Å². The molecule has 2 fully saturated rings. The van der Waals surface area contributed by atoms with Crippen LogP contribution in [0.3, 0.4) is 0 Å². The van der Waals surface area contributed by atoms with Gasteiger partial charge in [0.15, 0.2) is 0 Å². The highest BCUT2D eigenvalue weighted by atomic mass is 14.2. The highest BCUT2D eigenvalue weighted by Gasteiger charge is 2.14. The van der Waals surface area contributed by atoms with Gasteiger partial charge in [0, 0.05) is 0 Å². The van der Waals surface area contributed by atoms with E-state index in [1.54, 1.807) is 0 Å². The molecular formula is C12H20. The summed E-state index contributed by atoms with van der Waals surface area (Å²) in [6.07, 6.45) is 16.8. The van der Waals surface area contributed by atoms with Gasteiger partial charge in [-0.3, -0.25) is 0 Å². The van der Waals surface area contributed by atoms with Gasteiger partial charge in [0.05, 0.1) is 0 Å². The Balaban J connectivity index is 1.75. The fourth-order valence-corrected chi connectivity index (χ4v) is 2.61. The first-order valence-electron chi connectivity index (χ1n) is 5.63. The van der Waals surface area contributed by atoms with E-state index in [-0.39, 0.29) is 0 Å². The zero-order valence-electron chi connectivity index (χ0n) is 7.97. The van der Waals surface area contributed by atoms with Gasteiger partial charge in [0.2, 0.25) is 0 Å². The van der Waals surface area contributed by atoms with Gasteiger partial charge < -0.3 is 0 Å². The third kappa shape index (κ3) is 2.12. The second-order valence-electron chi connectivity index (χ2n) is 4.47. The molecule has 0 heteroatoms. The third-order valence-electron chi connectivity index (χ3n) is 3.46. The number of rotatable bonds is 2. The van der Waals surface area contributed by atoms with Gasteiger partial charge >= 0.3 is 0 Å². The van der Waals surface area contributed by atoms with E-state index in [4.69, 9.17) is 0 Å². The first-order chi connectivity index (χ1) is 5.95. The molecule has 0 radical (unpaired) electrons. The monoisotopic (exact) mass is 164 g/mol. The summed E-state index contributed by atoms with van der Waals surface area (Å²) in [5.41, 5.74) is 0. The molecule has 68 valence electrons. The fraction of sp³-hybridized carbons (Fsp3) is 0.833. The molecule has 0 aromatic rings. The Morgan fingerprint density at radius 2 is 0.917 bits per heavy atom. The summed E-state index contributed by atoms with van der Waals surface area (Å²) in [6.45, 7) is 0. The van der Waals surface area contributed by atoms with Crippen molar-refractivity contribution in [1.29, 1.82) is 0 Å². The van der Waals surface area contributed by atoms with Crippen molar-refractivity contribution in [2.75, 3.05) is 0 Å². The minimum Gasteiger partial charge on any atom is -0.0851 e. The van der Waals surface area contributed by atoms with E-state index in [1.807, 2.05) is 0 Å². The second-order valence-corrected chi connectivity index (χ2v) is 4.47. The maximum absolute atomic E-state index is 2.52. The van der Waals surface area contributed by atoms with Crippen molar-refractivity contribution in [1.82, 2.24) is 0 Å². The standard InChI is InChI=1S/C12H20/c1-2-6-11(5-1)9-10-12-7-3-4-8-12/h9-12H,1-8H2/b10-9-. The van der Waals surface area contributed by atoms with Gasteiger partial charge in [-0.25, -0.2) is 0 Å². The molecule has 2 saturated carbocycles. The van der Waals surface area contributed by atoms with Crippen LogP contribution in [-0.4, -0.2) is 0 Å². The molecule has 0 amide bonds. The van der Waals surface area contributed by atoms with Crippen molar-refractivity contribution < 1.29 is 0 Å². The summed E-state index contributed by atoms with van der Waals surface area (Å²) in [4.78, 5) is 0. The van der Waals surface area contributed by atoms with Crippen molar-refractivity contribution in [3.05, 3.63) is 12.2 Å². The molecule has 0 heterocycles. The lowest BCUT2D eigenvalue weighted by Gasteiger charge is -2.04. The van der Waals surface area contributed by atoms with Crippen molar-refractivity contribution in [3.63, 3.8) is 0 Å². The summed E-state index contributed by atoms with van der Waals surface area (Å²) in [5, 5.41) is 0. The molecule has 2 rings (SSSR count). The Morgan fingerprint density at radius 1 is 0.583 bits per heavy atom. The largest absolute Gasteiger partial charge is 0.0851 e. The summed E-state index contributed by atoms with van der Waals surface area (Å²) in [5.74, 6) is 1.90. The van der Waals surface area contributed by atoms with Crippen LogP contribution in [0.2, 0.25) is 0 Å². The van der Waals surface area contributed by atoms with Crippen LogP contribution < -0.4 is 0 Å². The quantitative estimate of drug-likeness (QED) is 0.543. The van der Waals surface area contributed by atoms with Crippen LogP contribution in [0.25, 0.3) is 0 Å². The molecule has 0 aromatic carbocycles. The lowest BCUT2D eigenvalue weighted by atomic mass is 10.0. The predicted molar refractivity (Wildman–Crippen MR) is 53.1 cm³/mol. The van der Waals surface area contributed by atoms with Crippen LogP contribution in [0.1, 0.15) is 51.4 Å². The average Bonchev–Trinajstić information content (AvgIpc) is 2.74. The van der Waals surface area contributed by atoms with Crippen molar-refractivity contribution in [2.45, 2.75) is 51.4 Å². The maximum Gasteiger partial charge on any atom is -0.0233 e. The van der Waals surface area contributed by atoms with Gasteiger partial charge in [-0.2, -0.15) is 0 Å². The molecule has 0 nitrogen and oxygen atoms in total. The lowest BCUT2D eigenvalue weighted by Crippen LogP contribution is -1.90. The molecule has 0 N–H and O–H groups in total. The smallest absolute Gasteiger partial charge is 0.0233 e. The molecule has 2 aliphatic carbocycles. The molecule has 0 aromatic heterocycles. The molecule has 0 saturated heterocycles. The Bertz CT molecular complexity index is 127. The molecular weight excluding hydrogens is 144 g/mol. The van der Waals surface area contributed by atoms with Gasteiger partial charge in [0.25, 0.3) is 0 Å². The summed E-state index contributed by atoms with van der Waals surface area (Å²) < 4.78 is 0. The zero-order chi connectivity index (χ0) is 8.23. The third-order valence-corrected chi connectivity index (χ3v) is 3.46. The van der Waals surface area contributed by atoms with Crippen molar-refractivity contribution in [3.8, 4) is 0 Å². The van der Waals surface area contributed by atoms with Crippen LogP contribution in [0.4, 0.5) is 0 Å². The lowest BCUT2D eigenvalue weighted by molar-refractivity contribution is 0.646. The minimum atomic E-state index is 0.950. The second kappa shape index (κ2) is 4.11. The first-order valence-corrected chi connectivity index (χ1v) is 5.63. The molecule has 2 aliphatic rings. The summed E-state index contributed by atoms with van der Waals surface area (Å²) >= 11 is 0. The van der Waals surface area contributed by atoms with E-state index in [0.717, 1.165) is 11.8 Å². The van der Waals surface area contributed by atoms with Gasteiger partial charge in [-0.15, -0.1) is 0 Å². The van der Waals surface area contributed by atoms with E-state index in [9.17, 15) is 0 Å². The molecule has 0 bridgehead atoms. The number of hydrogen-bond donors (Lipinski definition) is 0. The Hall–Kier alpha value is -0.260. The highest BCUT2D eigenvalue weighted by Crippen LogP contribution is 2.29. The topological polar surface area (TPSA) is 0 Å². The molecule has 0 atom stereocenters. The molecule has 12 heavy (non-hydrogen) atoms. The summed E-state index contributed by atoms with van der Waals surface area (Å²) in [6, 6.07) is 0. The normalized spacial score (nSPS) is 27.7. The number of hydrogen-bond acceptors (Lipinski definition) is 0. The van der Waals surface area contributed by atoms with Crippen LogP contribution in [0.5, 0.6) is 0 Å². The van der Waals surface area contributed by atoms with Gasteiger partial charge in [-0.05, 0) is 37.5 Å². The van der Waals surface area contributed by atoms with Crippen molar-refractivity contribution in [2.24, 2.45) is 11.8 Å². The van der Waals surface area contributed by atoms with E-state index >= 15 is 0 Å². The number of allylic oxidation sites excluding steroid dienone is 2. The Morgan fingerprint density at radius 3 is 1.25 bits per heavy atom. The van der Waals surface area contributed by atoms with Gasteiger partial charge in [0.1, 0.15) is 0 Å². The predicted octanol–water partition coefficient (Wildman–Crippen LogP) is 3.92. The first kappa shape index (κ1) is 8.34. The van der Waals surface area contributed by atoms with E-state index in [0.29, 0.717) is 0 Å². The maximum atomic E-state index is 2.52. The fourth-order valence-electron chi connectivity index (χ4n) is 2.61. The van der Waals surface area contributed by atoms with E-state index in [1.165, 1.54) is 51.4 Å². The van der Waals surface area contributed by atoms with Crippen LogP contribution in [-0.2, 0) is 0 Å². The summed E-state index contributed by atoms with van der Waals surface area (Å²) in [7, 11) is 0. The Kier molecular flexibility index (Phi) is 2.86. The van der Waals surface area contributed by atoms with Gasteiger partial charge in [-0.1, -0.05) is 37.8 Å². The van der Waals surface area contributed by atoms with Crippen LogP contribution in [0, 0.1) is 11.8 Å². The van der Waals surface area contributed by atoms with E-state index in [2.05, 4.69) is 12.2 Å².